The maximum Gasteiger partial charge on any atom is 0.262 e. The molecule has 2 heterocycles. The highest BCUT2D eigenvalue weighted by atomic mass is 32.2. The molecule has 70 valence electrons. The molecular formula is C8H9NO3S. The second-order valence-corrected chi connectivity index (χ2v) is 4.12. The molecule has 1 amide bonds. The lowest BCUT2D eigenvalue weighted by atomic mass is 10.1. The summed E-state index contributed by atoms with van der Waals surface area (Å²) in [7, 11) is 0. The number of aliphatic hydroxyl groups excluding tert-OH is 1. The molecule has 1 N–H and O–H groups in total. The summed E-state index contributed by atoms with van der Waals surface area (Å²) in [5.41, 5.74) is -0.0229. The molecule has 0 radical (unpaired) electrons. The first-order valence-corrected chi connectivity index (χ1v) is 5.11. The van der Waals surface area contributed by atoms with Crippen molar-refractivity contribution in [2.75, 3.05) is 11.6 Å². The second kappa shape index (κ2) is 2.77. The van der Waals surface area contributed by atoms with Gasteiger partial charge in [0.05, 0.1) is 5.88 Å². The van der Waals surface area contributed by atoms with E-state index in [1.807, 2.05) is 0 Å². The third kappa shape index (κ3) is 1.07. The normalized spacial score (nSPS) is 31.2. The molecule has 2 fully saturated rings. The van der Waals surface area contributed by atoms with Gasteiger partial charge in [-0.2, -0.15) is 0 Å². The number of Topliss-reactive ketones (excluding diaryl/α,β-unsaturated/α-hetero) is 1. The molecule has 0 bridgehead atoms. The Bertz CT molecular complexity index is 295. The number of rotatable bonds is 0. The van der Waals surface area contributed by atoms with E-state index < -0.39 is 0 Å². The van der Waals surface area contributed by atoms with Gasteiger partial charge in [0.1, 0.15) is 17.4 Å². The third-order valence-corrected chi connectivity index (χ3v) is 3.28. The first-order chi connectivity index (χ1) is 6.13. The zero-order valence-electron chi connectivity index (χ0n) is 7.11. The number of hydrogen-bond acceptors (Lipinski definition) is 4. The van der Waals surface area contributed by atoms with Crippen molar-refractivity contribution in [1.82, 2.24) is 4.90 Å². The van der Waals surface area contributed by atoms with Crippen molar-refractivity contribution in [3.05, 3.63) is 11.3 Å². The minimum Gasteiger partial charge on any atom is -0.512 e. The maximum absolute atomic E-state index is 11.5. The van der Waals surface area contributed by atoms with Crippen molar-refractivity contribution >= 4 is 23.5 Å². The fourth-order valence-corrected chi connectivity index (χ4v) is 2.76. The Balaban J connectivity index is 2.43. The molecule has 2 aliphatic rings. The van der Waals surface area contributed by atoms with E-state index in [0.717, 1.165) is 0 Å². The first kappa shape index (κ1) is 8.62. The minimum absolute atomic E-state index is 0.0229. The average Bonchev–Trinajstić information content (AvgIpc) is 2.56. The van der Waals surface area contributed by atoms with E-state index in [2.05, 4.69) is 0 Å². The summed E-state index contributed by atoms with van der Waals surface area (Å²) in [6, 6.07) is -0.324. The molecule has 0 aliphatic carbocycles. The van der Waals surface area contributed by atoms with Crippen molar-refractivity contribution < 1.29 is 14.7 Å². The number of carbonyl (C=O) groups excluding carboxylic acids is 2. The summed E-state index contributed by atoms with van der Waals surface area (Å²) >= 11 is 1.57. The number of allylic oxidation sites excluding steroid dienone is 1. The standard InChI is InChI=1S/C8H9NO3S/c1-4(10)6-7(11)5-2-13-3-9(5)8(6)12/h5,10H,2-3H2,1H3/b6-4-/t5-/m0/s1. The number of thioether (sulfide) groups is 1. The number of nitrogens with zero attached hydrogens (tertiary/aromatic N) is 1. The average molecular weight is 199 g/mol. The molecule has 13 heavy (non-hydrogen) atoms. The van der Waals surface area contributed by atoms with Crippen LogP contribution in [0.2, 0.25) is 0 Å². The van der Waals surface area contributed by atoms with E-state index in [1.54, 1.807) is 11.8 Å². The fourth-order valence-electron chi connectivity index (χ4n) is 1.61. The minimum atomic E-state index is -0.324. The van der Waals surface area contributed by atoms with Gasteiger partial charge in [0.2, 0.25) is 0 Å². The van der Waals surface area contributed by atoms with Crippen LogP contribution in [0.15, 0.2) is 11.3 Å². The van der Waals surface area contributed by atoms with Gasteiger partial charge in [0, 0.05) is 5.75 Å². The molecule has 5 heteroatoms. The van der Waals surface area contributed by atoms with Crippen LogP contribution < -0.4 is 0 Å². The quantitative estimate of drug-likeness (QED) is 0.346. The molecule has 0 spiro atoms. The second-order valence-electron chi connectivity index (χ2n) is 3.12. The lowest BCUT2D eigenvalue weighted by Crippen LogP contribution is -2.30. The SMILES string of the molecule is C/C(O)=C1\C(=O)[C@@H]2CSCN2C1=O. The number of amides is 1. The molecule has 0 aromatic carbocycles. The highest BCUT2D eigenvalue weighted by molar-refractivity contribution is 7.99. The van der Waals surface area contributed by atoms with Gasteiger partial charge in [0.15, 0.2) is 5.78 Å². The summed E-state index contributed by atoms with van der Waals surface area (Å²) < 4.78 is 0. The summed E-state index contributed by atoms with van der Waals surface area (Å²) in [6.07, 6.45) is 0. The van der Waals surface area contributed by atoms with Crippen LogP contribution in [0.5, 0.6) is 0 Å². The lowest BCUT2D eigenvalue weighted by molar-refractivity contribution is -0.125. The Labute approximate surface area is 79.6 Å². The van der Waals surface area contributed by atoms with Crippen molar-refractivity contribution in [3.63, 3.8) is 0 Å². The van der Waals surface area contributed by atoms with Crippen molar-refractivity contribution in [1.29, 1.82) is 0 Å². The van der Waals surface area contributed by atoms with Gasteiger partial charge >= 0.3 is 0 Å². The van der Waals surface area contributed by atoms with Crippen LogP contribution in [0.3, 0.4) is 0 Å². The molecular weight excluding hydrogens is 190 g/mol. The number of carbonyl (C=O) groups is 2. The summed E-state index contributed by atoms with van der Waals surface area (Å²) in [5, 5.41) is 9.15. The predicted octanol–water partition coefficient (Wildman–Crippen LogP) is 0.303. The Morgan fingerprint density at radius 1 is 1.62 bits per heavy atom. The Morgan fingerprint density at radius 3 is 2.85 bits per heavy atom. The fraction of sp³-hybridized carbons (Fsp3) is 0.500. The van der Waals surface area contributed by atoms with Gasteiger partial charge in [-0.25, -0.2) is 0 Å². The van der Waals surface area contributed by atoms with E-state index in [0.29, 0.717) is 11.6 Å². The maximum atomic E-state index is 11.5. The summed E-state index contributed by atoms with van der Waals surface area (Å²) in [6.45, 7) is 1.38. The van der Waals surface area contributed by atoms with Crippen LogP contribution in [-0.4, -0.2) is 39.4 Å². The van der Waals surface area contributed by atoms with Gasteiger partial charge in [-0.1, -0.05) is 0 Å². The van der Waals surface area contributed by atoms with Gasteiger partial charge in [-0.15, -0.1) is 11.8 Å². The zero-order valence-corrected chi connectivity index (χ0v) is 7.93. The number of ketones is 1. The van der Waals surface area contributed by atoms with E-state index in [9.17, 15) is 9.59 Å². The van der Waals surface area contributed by atoms with Crippen LogP contribution >= 0.6 is 11.8 Å². The van der Waals surface area contributed by atoms with Crippen LogP contribution in [-0.2, 0) is 9.59 Å². The molecule has 0 aromatic rings. The highest BCUT2D eigenvalue weighted by Crippen LogP contribution is 2.31. The van der Waals surface area contributed by atoms with Crippen LogP contribution in [0.1, 0.15) is 6.92 Å². The third-order valence-electron chi connectivity index (χ3n) is 2.27. The van der Waals surface area contributed by atoms with Gasteiger partial charge in [0.25, 0.3) is 5.91 Å². The molecule has 0 saturated carbocycles. The first-order valence-electron chi connectivity index (χ1n) is 3.95. The Kier molecular flexibility index (Phi) is 1.83. The zero-order chi connectivity index (χ0) is 9.59. The van der Waals surface area contributed by atoms with Gasteiger partial charge in [-0.3, -0.25) is 9.59 Å². The van der Waals surface area contributed by atoms with Crippen molar-refractivity contribution in [2.24, 2.45) is 0 Å². The van der Waals surface area contributed by atoms with Crippen molar-refractivity contribution in [2.45, 2.75) is 13.0 Å². The van der Waals surface area contributed by atoms with Crippen molar-refractivity contribution in [3.8, 4) is 0 Å². The number of hydrogen-bond donors (Lipinski definition) is 1. The van der Waals surface area contributed by atoms with E-state index in [4.69, 9.17) is 5.11 Å². The van der Waals surface area contributed by atoms with Crippen LogP contribution in [0.4, 0.5) is 0 Å². The number of aliphatic hydroxyl groups is 1. The van der Waals surface area contributed by atoms with E-state index in [-0.39, 0.29) is 29.1 Å². The van der Waals surface area contributed by atoms with Gasteiger partial charge in [-0.05, 0) is 6.92 Å². The molecule has 1 atom stereocenters. The molecule has 2 rings (SSSR count). The molecule has 2 saturated heterocycles. The lowest BCUT2D eigenvalue weighted by Gasteiger charge is -2.09. The largest absolute Gasteiger partial charge is 0.512 e. The van der Waals surface area contributed by atoms with Crippen LogP contribution in [0.25, 0.3) is 0 Å². The smallest absolute Gasteiger partial charge is 0.262 e. The monoisotopic (exact) mass is 199 g/mol. The van der Waals surface area contributed by atoms with Gasteiger partial charge < -0.3 is 10.0 Å². The predicted molar refractivity (Wildman–Crippen MR) is 48.3 cm³/mol. The number of fused-ring (bicyclic) bond motifs is 1. The molecule has 0 aromatic heterocycles. The molecule has 4 nitrogen and oxygen atoms in total. The summed E-state index contributed by atoms with van der Waals surface area (Å²) in [4.78, 5) is 24.6. The molecule has 2 aliphatic heterocycles. The molecule has 0 unspecified atom stereocenters. The Hall–Kier alpha value is -0.970. The van der Waals surface area contributed by atoms with E-state index in [1.165, 1.54) is 11.8 Å². The topological polar surface area (TPSA) is 57.6 Å². The van der Waals surface area contributed by atoms with E-state index >= 15 is 0 Å². The highest BCUT2D eigenvalue weighted by Gasteiger charge is 2.47. The summed E-state index contributed by atoms with van der Waals surface area (Å²) in [5.74, 6) is 0.511. The Morgan fingerprint density at radius 2 is 2.31 bits per heavy atom. The van der Waals surface area contributed by atoms with Crippen LogP contribution in [0, 0.1) is 0 Å².